The van der Waals surface area contributed by atoms with Gasteiger partial charge in [0.15, 0.2) is 0 Å². The Bertz CT molecular complexity index is 2830. The molecule has 0 aliphatic rings. The number of nitrogens with zero attached hydrogens (tertiary/aromatic N) is 1. The van der Waals surface area contributed by atoms with Crippen LogP contribution in [0.2, 0.25) is 0 Å². The molecule has 7 rings (SSSR count). The average molecular weight is 457 g/mol. The van der Waals surface area contributed by atoms with Gasteiger partial charge < -0.3 is 9.32 Å². The van der Waals surface area contributed by atoms with Crippen molar-refractivity contribution >= 4 is 60.5 Å². The van der Waals surface area contributed by atoms with E-state index in [0.717, 1.165) is 0 Å². The van der Waals surface area contributed by atoms with Gasteiger partial charge in [-0.05, 0) is 64.5 Å². The van der Waals surface area contributed by atoms with Gasteiger partial charge in [-0.3, -0.25) is 0 Å². The number of benzene rings is 6. The second kappa shape index (κ2) is 7.50. The molecule has 2 heteroatoms. The molecule has 0 saturated heterocycles. The van der Waals surface area contributed by atoms with Gasteiger partial charge in [-0.25, -0.2) is 0 Å². The van der Waals surface area contributed by atoms with E-state index < -0.39 is 177 Å². The van der Waals surface area contributed by atoms with Crippen LogP contribution in [0.5, 0.6) is 0 Å². The third-order valence-electron chi connectivity index (χ3n) is 5.13. The van der Waals surface area contributed by atoms with E-state index in [4.69, 9.17) is 29.1 Å². The second-order valence-electron chi connectivity index (χ2n) is 7.02. The largest absolute Gasteiger partial charge is 0.456 e. The summed E-state index contributed by atoms with van der Waals surface area (Å²) < 4.78 is 188. The van der Waals surface area contributed by atoms with Crippen LogP contribution in [0.15, 0.2) is 131 Å². The fourth-order valence-corrected chi connectivity index (χ4v) is 3.74. The van der Waals surface area contributed by atoms with E-state index in [2.05, 4.69) is 0 Å². The van der Waals surface area contributed by atoms with Crippen molar-refractivity contribution < 1.29 is 33.2 Å². The van der Waals surface area contributed by atoms with E-state index in [1.807, 2.05) is 0 Å². The summed E-state index contributed by atoms with van der Waals surface area (Å²) in [6, 6.07) is -18.3. The smallest absolute Gasteiger partial charge is 0.136 e. The first-order valence-corrected chi connectivity index (χ1v) is 9.83. The predicted octanol–water partition coefficient (Wildman–Crippen LogP) is 9.36. The normalized spacial score (nSPS) is 20.2. The zero-order valence-electron chi connectivity index (χ0n) is 37.9. The van der Waals surface area contributed by atoms with Crippen LogP contribution in [0.3, 0.4) is 0 Å². The maximum absolute atomic E-state index is 9.64. The van der Waals surface area contributed by atoms with Crippen molar-refractivity contribution in [2.75, 3.05) is 4.90 Å². The monoisotopic (exact) mass is 456 g/mol. The van der Waals surface area contributed by atoms with Crippen LogP contribution in [-0.2, 0) is 0 Å². The Morgan fingerprint density at radius 2 is 1.06 bits per heavy atom. The van der Waals surface area contributed by atoms with E-state index in [0.29, 0.717) is 4.90 Å². The number of hydrogen-bond donors (Lipinski definition) is 0. The highest BCUT2D eigenvalue weighted by molar-refractivity contribution is 6.19. The van der Waals surface area contributed by atoms with E-state index in [1.165, 1.54) is 0 Å². The van der Waals surface area contributed by atoms with Crippen LogP contribution >= 0.6 is 0 Å². The van der Waals surface area contributed by atoms with Gasteiger partial charge >= 0.3 is 0 Å². The minimum Gasteiger partial charge on any atom is -0.456 e. The summed E-state index contributed by atoms with van der Waals surface area (Å²) in [7, 11) is 0. The van der Waals surface area contributed by atoms with Crippen molar-refractivity contribution in [1.82, 2.24) is 0 Å². The fourth-order valence-electron chi connectivity index (χ4n) is 3.74. The van der Waals surface area contributed by atoms with Crippen molar-refractivity contribution in [1.29, 1.82) is 0 Å². The molecule has 0 atom stereocenters. The predicted molar refractivity (Wildman–Crippen MR) is 143 cm³/mol. The van der Waals surface area contributed by atoms with Gasteiger partial charge in [0.05, 0.1) is 34.5 Å². The first-order valence-electron chi connectivity index (χ1n) is 20.3. The fraction of sp³-hybridized carbons (Fsp3) is 0. The van der Waals surface area contributed by atoms with Crippen LogP contribution in [0.1, 0.15) is 28.8 Å². The number of anilines is 3. The lowest BCUT2D eigenvalue weighted by Crippen LogP contribution is -2.10. The summed E-state index contributed by atoms with van der Waals surface area (Å²) in [5, 5.41) is -3.04. The Morgan fingerprint density at radius 3 is 1.76 bits per heavy atom. The zero-order valence-corrected chi connectivity index (χ0v) is 16.9. The Balaban J connectivity index is 1.87. The van der Waals surface area contributed by atoms with E-state index in [9.17, 15) is 4.11 Å². The zero-order chi connectivity index (χ0) is 40.8. The molecule has 0 spiro atoms. The molecule has 0 saturated carbocycles. The van der Waals surface area contributed by atoms with Crippen LogP contribution in [0.4, 0.5) is 17.1 Å². The molecule has 34 heavy (non-hydrogen) atoms. The number of para-hydroxylation sites is 3. The first kappa shape index (κ1) is 7.48. The molecule has 0 aliphatic heterocycles. The van der Waals surface area contributed by atoms with Crippen molar-refractivity contribution in [3.8, 4) is 0 Å². The molecule has 1 heterocycles. The lowest BCUT2D eigenvalue weighted by Gasteiger charge is -2.27. The highest BCUT2D eigenvalue weighted by atomic mass is 16.3. The maximum Gasteiger partial charge on any atom is 0.136 e. The topological polar surface area (TPSA) is 16.4 Å². The molecule has 160 valence electrons. The maximum atomic E-state index is 9.64. The van der Waals surface area contributed by atoms with Gasteiger partial charge in [0.1, 0.15) is 11.2 Å². The van der Waals surface area contributed by atoms with Gasteiger partial charge in [0.25, 0.3) is 0 Å². The van der Waals surface area contributed by atoms with E-state index in [1.54, 1.807) is 0 Å². The summed E-state index contributed by atoms with van der Waals surface area (Å²) in [5.41, 5.74) is -3.60. The summed E-state index contributed by atoms with van der Waals surface area (Å²) in [6.45, 7) is 0. The molecule has 1 aromatic heterocycles. The molecular formula is C32H21NO. The SMILES string of the molecule is [2H]c1c([2H])c([2H])c(N(c2c([2H])c([2H])c([2H])c([2H])c2[2H])c2c([2H])c3c([2H])c4oc5c([2H])c([2H])c([2H])c([2H])c5c4c([2H])c3c3c([2H])c([2H])c([2H])c([2H])c23)c([2H])c1[2H]. The quantitative estimate of drug-likeness (QED) is 0.246. The molecule has 0 radical (unpaired) electrons. The molecule has 0 amide bonds. The van der Waals surface area contributed by atoms with Gasteiger partial charge in [-0.2, -0.15) is 0 Å². The van der Waals surface area contributed by atoms with E-state index >= 15 is 0 Å². The van der Waals surface area contributed by atoms with Crippen molar-refractivity contribution in [3.05, 3.63) is 127 Å². The summed E-state index contributed by atoms with van der Waals surface area (Å²) >= 11 is 0. The van der Waals surface area contributed by atoms with Gasteiger partial charge in [-0.1, -0.05) is 78.6 Å². The molecule has 6 aromatic carbocycles. The number of rotatable bonds is 3. The van der Waals surface area contributed by atoms with Crippen LogP contribution in [-0.4, -0.2) is 0 Å². The van der Waals surface area contributed by atoms with E-state index in [-0.39, 0.29) is 10.8 Å². The third-order valence-corrected chi connectivity index (χ3v) is 5.13. The Kier molecular flexibility index (Phi) is 1.65. The summed E-state index contributed by atoms with van der Waals surface area (Å²) in [6.07, 6.45) is 0. The Labute approximate surface area is 226 Å². The molecule has 0 N–H and O–H groups in total. The molecule has 0 unspecified atom stereocenters. The van der Waals surface area contributed by atoms with Crippen LogP contribution in [0, 0.1) is 0 Å². The van der Waals surface area contributed by atoms with Crippen molar-refractivity contribution in [2.45, 2.75) is 0 Å². The van der Waals surface area contributed by atoms with Gasteiger partial charge in [0.2, 0.25) is 0 Å². The number of fused-ring (bicyclic) bond motifs is 6. The minimum absolute atomic E-state index is 0.328. The summed E-state index contributed by atoms with van der Waals surface area (Å²) in [4.78, 5) is 0.541. The first-order chi connectivity index (χ1) is 25.6. The van der Waals surface area contributed by atoms with Crippen molar-refractivity contribution in [2.24, 2.45) is 0 Å². The third kappa shape index (κ3) is 2.89. The number of furan rings is 1. The highest BCUT2D eigenvalue weighted by Gasteiger charge is 2.18. The highest BCUT2D eigenvalue weighted by Crippen LogP contribution is 2.43. The van der Waals surface area contributed by atoms with Crippen LogP contribution < -0.4 is 4.90 Å². The average Bonchev–Trinajstić information content (AvgIpc) is 3.57. The molecule has 0 fully saturated rings. The Hall–Kier alpha value is -4.56. The molecular weight excluding hydrogens is 414 g/mol. The second-order valence-corrected chi connectivity index (χ2v) is 7.02. The standard InChI is InChI=1S/C32H21NO/c1-3-11-23(12-4-1)33(24-13-5-2-6-14-24)30-19-22-20-32-29(27-17-9-10-18-31(27)34-32)21-28(22)25-15-7-8-16-26(25)30/h1-21H/i1D,2D,3D,4D,5D,6D,7D,8D,9D,10D,11D,12D,13D,14D,15D,16D,17D,18D,19D,20D,21D. The van der Waals surface area contributed by atoms with Crippen LogP contribution in [0.25, 0.3) is 43.5 Å². The molecule has 7 aromatic rings. The minimum atomic E-state index is -1.00. The Morgan fingerprint density at radius 1 is 0.471 bits per heavy atom. The van der Waals surface area contributed by atoms with Crippen molar-refractivity contribution in [3.63, 3.8) is 0 Å². The lowest BCUT2D eigenvalue weighted by atomic mass is 9.97. The number of hydrogen-bond acceptors (Lipinski definition) is 2. The molecule has 0 aliphatic carbocycles. The van der Waals surface area contributed by atoms with Gasteiger partial charge in [0, 0.05) is 27.5 Å². The summed E-state index contributed by atoms with van der Waals surface area (Å²) in [5.74, 6) is 0. The molecule has 2 nitrogen and oxygen atoms in total. The van der Waals surface area contributed by atoms with Gasteiger partial charge in [-0.15, -0.1) is 0 Å². The molecule has 0 bridgehead atoms. The lowest BCUT2D eigenvalue weighted by molar-refractivity contribution is 0.669.